The lowest BCUT2D eigenvalue weighted by molar-refractivity contribution is 0.0462. The van der Waals surface area contributed by atoms with Crippen LogP contribution >= 0.6 is 0 Å². The van der Waals surface area contributed by atoms with Crippen LogP contribution in [0.3, 0.4) is 0 Å². The molecule has 0 aliphatic carbocycles. The van der Waals surface area contributed by atoms with E-state index in [4.69, 9.17) is 4.74 Å². The molecule has 0 saturated heterocycles. The molecule has 0 amide bonds. The largest absolute Gasteiger partial charge is 0.462 e. The number of esters is 1. The minimum absolute atomic E-state index is 0.0658. The molecule has 1 rings (SSSR count). The number of carbonyl (C=O) groups is 1. The van der Waals surface area contributed by atoms with E-state index in [9.17, 15) is 4.79 Å². The predicted octanol–water partition coefficient (Wildman–Crippen LogP) is 4.31. The number of ether oxygens (including phenoxy) is 1. The van der Waals surface area contributed by atoms with Gasteiger partial charge in [0.05, 0.1) is 12.2 Å². The summed E-state index contributed by atoms with van der Waals surface area (Å²) in [5.74, 6) is -0.238. The van der Waals surface area contributed by atoms with E-state index in [1.54, 1.807) is 0 Å². The van der Waals surface area contributed by atoms with Crippen molar-refractivity contribution in [3.63, 3.8) is 0 Å². The SMILES string of the molecule is CCC(CC)(CCOC(=O)c1ccc(C(C)(C)C)cc1)NC. The molecule has 0 heterocycles. The van der Waals surface area contributed by atoms with Crippen LogP contribution in [0.2, 0.25) is 0 Å². The molecule has 0 aliphatic heterocycles. The quantitative estimate of drug-likeness (QED) is 0.763. The molecule has 0 aliphatic rings. The topological polar surface area (TPSA) is 38.3 Å². The summed E-state index contributed by atoms with van der Waals surface area (Å²) in [5.41, 5.74) is 2.00. The standard InChI is InChI=1S/C19H31NO2/c1-7-19(8-2,20-6)13-14-22-17(21)15-9-11-16(12-10-15)18(3,4)5/h9-12,20H,7-8,13-14H2,1-6H3. The van der Waals surface area contributed by atoms with E-state index in [1.165, 1.54) is 5.56 Å². The maximum absolute atomic E-state index is 12.1. The third kappa shape index (κ3) is 4.84. The van der Waals surface area contributed by atoms with Gasteiger partial charge in [-0.25, -0.2) is 4.79 Å². The molecule has 0 atom stereocenters. The van der Waals surface area contributed by atoms with Crippen LogP contribution in [0.4, 0.5) is 0 Å². The van der Waals surface area contributed by atoms with Gasteiger partial charge in [-0.05, 0) is 49.4 Å². The van der Waals surface area contributed by atoms with Gasteiger partial charge in [-0.15, -0.1) is 0 Å². The van der Waals surface area contributed by atoms with E-state index >= 15 is 0 Å². The van der Waals surface area contributed by atoms with Gasteiger partial charge in [-0.2, -0.15) is 0 Å². The molecule has 0 unspecified atom stereocenters. The molecule has 3 nitrogen and oxygen atoms in total. The van der Waals surface area contributed by atoms with E-state index in [-0.39, 0.29) is 16.9 Å². The zero-order chi connectivity index (χ0) is 16.8. The molecule has 0 aromatic heterocycles. The molecular formula is C19H31NO2. The Morgan fingerprint density at radius 1 is 1.09 bits per heavy atom. The summed E-state index contributed by atoms with van der Waals surface area (Å²) in [4.78, 5) is 12.1. The third-order valence-electron chi connectivity index (χ3n) is 4.68. The zero-order valence-corrected chi connectivity index (χ0v) is 15.0. The lowest BCUT2D eigenvalue weighted by Crippen LogP contribution is -2.42. The van der Waals surface area contributed by atoms with Crippen LogP contribution < -0.4 is 5.32 Å². The van der Waals surface area contributed by atoms with Crippen molar-refractivity contribution in [1.29, 1.82) is 0 Å². The van der Waals surface area contributed by atoms with Crippen molar-refractivity contribution in [2.24, 2.45) is 0 Å². The van der Waals surface area contributed by atoms with Crippen LogP contribution in [0, 0.1) is 0 Å². The smallest absolute Gasteiger partial charge is 0.338 e. The molecule has 1 N–H and O–H groups in total. The van der Waals surface area contributed by atoms with Gasteiger partial charge in [0.15, 0.2) is 0 Å². The number of benzene rings is 1. The second-order valence-electron chi connectivity index (χ2n) is 6.95. The maximum Gasteiger partial charge on any atom is 0.338 e. The van der Waals surface area contributed by atoms with Crippen molar-refractivity contribution in [1.82, 2.24) is 5.32 Å². The fraction of sp³-hybridized carbons (Fsp3) is 0.632. The van der Waals surface area contributed by atoms with Crippen LogP contribution in [-0.2, 0) is 10.2 Å². The van der Waals surface area contributed by atoms with Crippen LogP contribution in [-0.4, -0.2) is 25.2 Å². The van der Waals surface area contributed by atoms with E-state index in [1.807, 2.05) is 31.3 Å². The maximum atomic E-state index is 12.1. The van der Waals surface area contributed by atoms with Crippen molar-refractivity contribution in [2.75, 3.05) is 13.7 Å². The first-order valence-corrected chi connectivity index (χ1v) is 8.24. The van der Waals surface area contributed by atoms with Gasteiger partial charge < -0.3 is 10.1 Å². The van der Waals surface area contributed by atoms with Crippen LogP contribution in [0.25, 0.3) is 0 Å². The number of carbonyl (C=O) groups excluding carboxylic acids is 1. The number of hydrogen-bond donors (Lipinski definition) is 1. The third-order valence-corrected chi connectivity index (χ3v) is 4.68. The minimum atomic E-state index is -0.238. The average Bonchev–Trinajstić information content (AvgIpc) is 2.51. The first kappa shape index (κ1) is 18.7. The molecule has 1 aromatic rings. The van der Waals surface area contributed by atoms with Gasteiger partial charge in [-0.3, -0.25) is 0 Å². The number of rotatable bonds is 7. The summed E-state index contributed by atoms with van der Waals surface area (Å²) < 4.78 is 5.44. The van der Waals surface area contributed by atoms with Gasteiger partial charge in [0.2, 0.25) is 0 Å². The monoisotopic (exact) mass is 305 g/mol. The second-order valence-corrected chi connectivity index (χ2v) is 6.95. The Kier molecular flexibility index (Phi) is 6.61. The molecule has 0 fully saturated rings. The highest BCUT2D eigenvalue weighted by molar-refractivity contribution is 5.89. The molecule has 1 aromatic carbocycles. The highest BCUT2D eigenvalue weighted by atomic mass is 16.5. The van der Waals surface area contributed by atoms with Crippen LogP contribution in [0.1, 0.15) is 69.8 Å². The normalized spacial score (nSPS) is 12.3. The summed E-state index contributed by atoms with van der Waals surface area (Å²) in [5, 5.41) is 3.36. The summed E-state index contributed by atoms with van der Waals surface area (Å²) in [6, 6.07) is 7.72. The molecule has 0 saturated carbocycles. The van der Waals surface area contributed by atoms with Crippen molar-refractivity contribution in [2.45, 2.75) is 64.8 Å². The summed E-state index contributed by atoms with van der Waals surface area (Å²) in [6.45, 7) is 11.2. The Labute approximate surface area is 135 Å². The Morgan fingerprint density at radius 2 is 1.64 bits per heavy atom. The second kappa shape index (κ2) is 7.77. The van der Waals surface area contributed by atoms with Crippen molar-refractivity contribution in [3.05, 3.63) is 35.4 Å². The van der Waals surface area contributed by atoms with Crippen molar-refractivity contribution >= 4 is 5.97 Å². The summed E-state index contributed by atoms with van der Waals surface area (Å²) in [6.07, 6.45) is 2.89. The Morgan fingerprint density at radius 3 is 2.05 bits per heavy atom. The number of hydrogen-bond acceptors (Lipinski definition) is 3. The molecule has 0 radical (unpaired) electrons. The summed E-state index contributed by atoms with van der Waals surface area (Å²) in [7, 11) is 1.97. The molecule has 3 heteroatoms. The van der Waals surface area contributed by atoms with E-state index < -0.39 is 0 Å². The first-order valence-electron chi connectivity index (χ1n) is 8.24. The van der Waals surface area contributed by atoms with Gasteiger partial charge in [-0.1, -0.05) is 46.8 Å². The van der Waals surface area contributed by atoms with E-state index in [0.717, 1.165) is 19.3 Å². The molecule has 0 spiro atoms. The summed E-state index contributed by atoms with van der Waals surface area (Å²) >= 11 is 0. The predicted molar refractivity (Wildman–Crippen MR) is 92.4 cm³/mol. The molecular weight excluding hydrogens is 274 g/mol. The highest BCUT2D eigenvalue weighted by Crippen LogP contribution is 2.23. The van der Waals surface area contributed by atoms with Crippen molar-refractivity contribution in [3.8, 4) is 0 Å². The Balaban J connectivity index is 2.59. The van der Waals surface area contributed by atoms with Gasteiger partial charge in [0.25, 0.3) is 0 Å². The zero-order valence-electron chi connectivity index (χ0n) is 15.0. The Hall–Kier alpha value is -1.35. The molecule has 22 heavy (non-hydrogen) atoms. The lowest BCUT2D eigenvalue weighted by Gasteiger charge is -2.31. The average molecular weight is 305 g/mol. The van der Waals surface area contributed by atoms with E-state index in [2.05, 4.69) is 39.9 Å². The van der Waals surface area contributed by atoms with Gasteiger partial charge in [0.1, 0.15) is 0 Å². The number of nitrogens with one attached hydrogen (secondary N) is 1. The van der Waals surface area contributed by atoms with E-state index in [0.29, 0.717) is 12.2 Å². The minimum Gasteiger partial charge on any atom is -0.462 e. The fourth-order valence-electron chi connectivity index (χ4n) is 2.61. The fourth-order valence-corrected chi connectivity index (χ4v) is 2.61. The Bertz CT molecular complexity index is 459. The van der Waals surface area contributed by atoms with Gasteiger partial charge in [0, 0.05) is 5.54 Å². The van der Waals surface area contributed by atoms with Crippen LogP contribution in [0.15, 0.2) is 24.3 Å². The molecule has 0 bridgehead atoms. The first-order chi connectivity index (χ1) is 10.3. The van der Waals surface area contributed by atoms with Crippen molar-refractivity contribution < 1.29 is 9.53 Å². The lowest BCUT2D eigenvalue weighted by atomic mass is 9.87. The van der Waals surface area contributed by atoms with Crippen LogP contribution in [0.5, 0.6) is 0 Å². The molecule has 124 valence electrons. The van der Waals surface area contributed by atoms with Gasteiger partial charge >= 0.3 is 5.97 Å². The highest BCUT2D eigenvalue weighted by Gasteiger charge is 2.24.